The Morgan fingerprint density at radius 1 is 1.15 bits per heavy atom. The maximum atomic E-state index is 13.8. The smallest absolute Gasteiger partial charge is 0.436 e. The lowest BCUT2D eigenvalue weighted by Crippen LogP contribution is -2.30. The minimum Gasteiger partial charge on any atom is -0.478 e. The molecule has 1 unspecified atom stereocenters. The van der Waals surface area contributed by atoms with Crippen LogP contribution in [-0.4, -0.2) is 33.3 Å². The molecule has 1 aliphatic rings. The van der Waals surface area contributed by atoms with Crippen LogP contribution in [0, 0.1) is 0 Å². The van der Waals surface area contributed by atoms with Gasteiger partial charge in [-0.2, -0.15) is 18.3 Å². The van der Waals surface area contributed by atoms with Crippen LogP contribution in [0.1, 0.15) is 44.9 Å². The predicted octanol–water partition coefficient (Wildman–Crippen LogP) is 4.90. The normalized spacial score (nSPS) is 14.2. The van der Waals surface area contributed by atoms with E-state index in [1.54, 1.807) is 36.1 Å². The Morgan fingerprint density at radius 3 is 2.45 bits per heavy atom. The molecule has 0 fully saturated rings. The quantitative estimate of drug-likeness (QED) is 0.545. The lowest BCUT2D eigenvalue weighted by molar-refractivity contribution is -0.141. The van der Waals surface area contributed by atoms with Crippen molar-refractivity contribution in [1.82, 2.24) is 15.1 Å². The molecule has 0 saturated carbocycles. The van der Waals surface area contributed by atoms with Crippen LogP contribution in [0.4, 0.5) is 24.7 Å². The number of carbonyl (C=O) groups is 2. The third-order valence-electron chi connectivity index (χ3n) is 5.34. The lowest BCUT2D eigenvalue weighted by atomic mass is 10.1. The van der Waals surface area contributed by atoms with Gasteiger partial charge in [-0.15, -0.1) is 0 Å². The number of benzene rings is 2. The molecule has 33 heavy (non-hydrogen) atoms. The number of rotatable bonds is 5. The van der Waals surface area contributed by atoms with Gasteiger partial charge in [0.05, 0.1) is 18.2 Å². The van der Waals surface area contributed by atoms with E-state index in [0.29, 0.717) is 22.8 Å². The van der Waals surface area contributed by atoms with Crippen LogP contribution in [-0.2, 0) is 12.7 Å². The number of carbonyl (C=O) groups excluding carboxylic acids is 1. The van der Waals surface area contributed by atoms with Gasteiger partial charge in [0.1, 0.15) is 11.4 Å². The van der Waals surface area contributed by atoms with Crippen molar-refractivity contribution < 1.29 is 27.9 Å². The Labute approximate surface area is 191 Å². The van der Waals surface area contributed by atoms with Gasteiger partial charge >= 0.3 is 12.1 Å². The second-order valence-electron chi connectivity index (χ2n) is 7.52. The number of nitrogens with zero attached hydrogens (tertiary/aromatic N) is 3. The summed E-state index contributed by atoms with van der Waals surface area (Å²) in [5.74, 6) is -2.01. The van der Waals surface area contributed by atoms with Gasteiger partial charge in [-0.05, 0) is 42.8 Å². The molecule has 2 N–H and O–H groups in total. The summed E-state index contributed by atoms with van der Waals surface area (Å²) >= 11 is 6.05. The number of hydrogen-bond donors (Lipinski definition) is 2. The van der Waals surface area contributed by atoms with Crippen LogP contribution >= 0.6 is 11.6 Å². The number of carboxylic acid groups (broad SMARTS) is 1. The fourth-order valence-corrected chi connectivity index (χ4v) is 3.94. The molecule has 0 bridgehead atoms. The average molecular weight is 479 g/mol. The summed E-state index contributed by atoms with van der Waals surface area (Å²) in [6, 6.07) is 11.6. The van der Waals surface area contributed by atoms with E-state index in [1.807, 2.05) is 0 Å². The fraction of sp³-hybridized carbons (Fsp3) is 0.227. The Hall–Kier alpha value is -3.53. The number of amides is 1. The van der Waals surface area contributed by atoms with E-state index in [0.717, 1.165) is 0 Å². The number of alkyl halides is 3. The summed E-state index contributed by atoms with van der Waals surface area (Å²) in [5, 5.41) is 15.7. The van der Waals surface area contributed by atoms with Gasteiger partial charge in [0, 0.05) is 17.3 Å². The highest BCUT2D eigenvalue weighted by atomic mass is 35.5. The number of aromatic nitrogens is 2. The predicted molar refractivity (Wildman–Crippen MR) is 115 cm³/mol. The van der Waals surface area contributed by atoms with E-state index >= 15 is 0 Å². The molecule has 7 nitrogen and oxygen atoms in total. The number of aromatic carboxylic acids is 1. The third-order valence-corrected chi connectivity index (χ3v) is 5.57. The Kier molecular flexibility index (Phi) is 5.79. The van der Waals surface area contributed by atoms with E-state index in [9.17, 15) is 22.8 Å². The second kappa shape index (κ2) is 8.43. The minimum absolute atomic E-state index is 0.0375. The molecule has 2 heterocycles. The van der Waals surface area contributed by atoms with Crippen LogP contribution in [0.25, 0.3) is 0 Å². The van der Waals surface area contributed by atoms with Crippen LogP contribution < -0.4 is 10.2 Å². The van der Waals surface area contributed by atoms with Crippen LogP contribution in [0.3, 0.4) is 0 Å². The second-order valence-corrected chi connectivity index (χ2v) is 7.96. The summed E-state index contributed by atoms with van der Waals surface area (Å²) in [4.78, 5) is 25.7. The third kappa shape index (κ3) is 4.38. The van der Waals surface area contributed by atoms with Crippen molar-refractivity contribution in [2.45, 2.75) is 25.7 Å². The van der Waals surface area contributed by atoms with Gasteiger partial charge in [0.25, 0.3) is 5.91 Å². The van der Waals surface area contributed by atoms with Crippen molar-refractivity contribution in [2.24, 2.45) is 0 Å². The first kappa shape index (κ1) is 22.7. The molecular formula is C22H18ClF3N4O3. The number of fused-ring (bicyclic) bond motifs is 1. The maximum Gasteiger partial charge on any atom is 0.436 e. The molecule has 0 saturated heterocycles. The van der Waals surface area contributed by atoms with Gasteiger partial charge in [0.15, 0.2) is 5.69 Å². The molecule has 172 valence electrons. The summed E-state index contributed by atoms with van der Waals surface area (Å²) in [6.45, 7) is 2.09. The monoisotopic (exact) mass is 478 g/mol. The van der Waals surface area contributed by atoms with E-state index in [1.165, 1.54) is 28.9 Å². The van der Waals surface area contributed by atoms with Crippen molar-refractivity contribution in [3.63, 3.8) is 0 Å². The molecule has 1 aliphatic heterocycles. The van der Waals surface area contributed by atoms with Gasteiger partial charge in [-0.1, -0.05) is 29.8 Å². The van der Waals surface area contributed by atoms with Crippen molar-refractivity contribution in [1.29, 1.82) is 0 Å². The first-order chi connectivity index (χ1) is 15.6. The highest BCUT2D eigenvalue weighted by Gasteiger charge is 2.44. The highest BCUT2D eigenvalue weighted by Crippen LogP contribution is 2.41. The number of anilines is 2. The van der Waals surface area contributed by atoms with Gasteiger partial charge in [-0.25, -0.2) is 9.48 Å². The first-order valence-corrected chi connectivity index (χ1v) is 10.3. The Morgan fingerprint density at radius 2 is 1.85 bits per heavy atom. The van der Waals surface area contributed by atoms with Crippen LogP contribution in [0.15, 0.2) is 48.5 Å². The first-order valence-electron chi connectivity index (χ1n) is 9.91. The van der Waals surface area contributed by atoms with Gasteiger partial charge < -0.3 is 15.3 Å². The van der Waals surface area contributed by atoms with Crippen molar-refractivity contribution >= 4 is 35.0 Å². The number of nitrogens with one attached hydrogen (secondary N) is 1. The molecule has 0 radical (unpaired) electrons. The van der Waals surface area contributed by atoms with Gasteiger partial charge in [0.2, 0.25) is 0 Å². The lowest BCUT2D eigenvalue weighted by Gasteiger charge is -2.21. The molecule has 2 aromatic carbocycles. The molecular weight excluding hydrogens is 461 g/mol. The van der Waals surface area contributed by atoms with Crippen LogP contribution in [0.2, 0.25) is 5.02 Å². The molecule has 11 heteroatoms. The highest BCUT2D eigenvalue weighted by molar-refractivity contribution is 6.30. The average Bonchev–Trinajstić information content (AvgIpc) is 3.33. The molecule has 1 aromatic heterocycles. The van der Waals surface area contributed by atoms with Gasteiger partial charge in [-0.3, -0.25) is 4.79 Å². The minimum atomic E-state index is -4.84. The zero-order valence-electron chi connectivity index (χ0n) is 17.2. The maximum absolute atomic E-state index is 13.8. The summed E-state index contributed by atoms with van der Waals surface area (Å²) < 4.78 is 42.5. The zero-order valence-corrected chi connectivity index (χ0v) is 18.0. The summed E-state index contributed by atoms with van der Waals surface area (Å²) in [5.41, 5.74) is -0.703. The number of hydrogen-bond acceptors (Lipinski definition) is 4. The number of halogens is 4. The molecule has 3 aromatic rings. The Balaban J connectivity index is 1.70. The topological polar surface area (TPSA) is 87.5 Å². The standard InChI is InChI=1S/C22H18ClF3N4O3/c1-12(13-5-7-14(8-6-13)21(32)33)27-19(31)17-18(22(24,25)26)28-30-10-9-29(20(17)30)16-4-2-3-15(23)11-16/h2-8,11-12H,9-10H2,1H3,(H,27,31)(H,32,33). The molecule has 1 amide bonds. The Bertz CT molecular complexity index is 1220. The van der Waals surface area contributed by atoms with E-state index < -0.39 is 35.4 Å². The largest absolute Gasteiger partial charge is 0.478 e. The zero-order chi connectivity index (χ0) is 23.9. The SMILES string of the molecule is CC(NC(=O)c1c(C(F)(F)F)nn2c1N(c1cccc(Cl)c1)CC2)c1ccc(C(=O)O)cc1. The van der Waals surface area contributed by atoms with Crippen LogP contribution in [0.5, 0.6) is 0 Å². The molecule has 4 rings (SSSR count). The molecule has 0 aliphatic carbocycles. The summed E-state index contributed by atoms with van der Waals surface area (Å²) in [7, 11) is 0. The summed E-state index contributed by atoms with van der Waals surface area (Å²) in [6.07, 6.45) is -4.84. The van der Waals surface area contributed by atoms with E-state index in [2.05, 4.69) is 10.4 Å². The number of carboxylic acids is 1. The van der Waals surface area contributed by atoms with Crippen molar-refractivity contribution in [3.8, 4) is 0 Å². The van der Waals surface area contributed by atoms with E-state index in [-0.39, 0.29) is 17.9 Å². The van der Waals surface area contributed by atoms with Crippen molar-refractivity contribution in [3.05, 3.63) is 75.9 Å². The van der Waals surface area contributed by atoms with E-state index in [4.69, 9.17) is 16.7 Å². The molecule has 1 atom stereocenters. The van der Waals surface area contributed by atoms with Crippen molar-refractivity contribution in [2.75, 3.05) is 11.4 Å². The fourth-order valence-electron chi connectivity index (χ4n) is 3.75. The molecule has 0 spiro atoms.